The summed E-state index contributed by atoms with van der Waals surface area (Å²) in [5.74, 6) is -0.613. The summed E-state index contributed by atoms with van der Waals surface area (Å²) in [4.78, 5) is 11.5. The van der Waals surface area contributed by atoms with Crippen molar-refractivity contribution in [3.63, 3.8) is 0 Å². The number of ether oxygens (including phenoxy) is 4. The first-order valence-corrected chi connectivity index (χ1v) is 11.5. The van der Waals surface area contributed by atoms with Crippen molar-refractivity contribution in [1.29, 1.82) is 0 Å². The first-order valence-electron chi connectivity index (χ1n) is 11.5. The Morgan fingerprint density at radius 1 is 0.829 bits per heavy atom. The lowest BCUT2D eigenvalue weighted by Crippen LogP contribution is -2.60. The standard InChI is InChI=1S/C28H30O7/c1-19(29)34-26-25(31)24(30)23(35-27(26)32-2)18-33-28(20-12-6-3-7-13-20,21-14-8-4-9-15-21)22-16-10-5-11-17-22/h3-17,23-27,30-31H,18H2,1-2H3/t23-,24-,25+,26-,27+/m1/s1. The van der Waals surface area contributed by atoms with Crippen molar-refractivity contribution < 1.29 is 34.0 Å². The smallest absolute Gasteiger partial charge is 0.303 e. The Kier molecular flexibility index (Phi) is 7.95. The molecule has 4 rings (SSSR count). The van der Waals surface area contributed by atoms with E-state index in [9.17, 15) is 15.0 Å². The highest BCUT2D eigenvalue weighted by Gasteiger charge is 2.48. The number of aliphatic hydroxyl groups excluding tert-OH is 2. The molecule has 0 aromatic heterocycles. The van der Waals surface area contributed by atoms with Crippen LogP contribution in [0.1, 0.15) is 23.6 Å². The quantitative estimate of drug-likeness (QED) is 0.380. The van der Waals surface area contributed by atoms with Crippen LogP contribution in [0.4, 0.5) is 0 Å². The van der Waals surface area contributed by atoms with E-state index in [-0.39, 0.29) is 6.61 Å². The summed E-state index contributed by atoms with van der Waals surface area (Å²) in [6.45, 7) is 1.14. The van der Waals surface area contributed by atoms with Gasteiger partial charge in [0.1, 0.15) is 23.9 Å². The molecule has 1 saturated heterocycles. The van der Waals surface area contributed by atoms with Crippen LogP contribution in [0, 0.1) is 0 Å². The number of methoxy groups -OCH3 is 1. The molecule has 35 heavy (non-hydrogen) atoms. The van der Waals surface area contributed by atoms with Gasteiger partial charge in [0.15, 0.2) is 12.4 Å². The van der Waals surface area contributed by atoms with Gasteiger partial charge in [-0.25, -0.2) is 0 Å². The van der Waals surface area contributed by atoms with E-state index in [4.69, 9.17) is 18.9 Å². The summed E-state index contributed by atoms with van der Waals surface area (Å²) >= 11 is 0. The lowest BCUT2D eigenvalue weighted by Gasteiger charge is -2.43. The lowest BCUT2D eigenvalue weighted by atomic mass is 9.80. The maximum atomic E-state index is 11.5. The highest BCUT2D eigenvalue weighted by atomic mass is 16.7. The number of rotatable bonds is 8. The zero-order chi connectivity index (χ0) is 24.8. The second kappa shape index (κ2) is 11.1. The number of hydrogen-bond donors (Lipinski definition) is 2. The summed E-state index contributed by atoms with van der Waals surface area (Å²) in [6.07, 6.45) is -5.95. The molecule has 0 unspecified atom stereocenters. The van der Waals surface area contributed by atoms with Crippen LogP contribution in [0.25, 0.3) is 0 Å². The van der Waals surface area contributed by atoms with E-state index in [0.29, 0.717) is 0 Å². The van der Waals surface area contributed by atoms with Crippen LogP contribution in [0.15, 0.2) is 91.0 Å². The van der Waals surface area contributed by atoms with Crippen LogP contribution < -0.4 is 0 Å². The molecule has 7 heteroatoms. The molecule has 3 aromatic carbocycles. The van der Waals surface area contributed by atoms with Crippen LogP contribution >= 0.6 is 0 Å². The van der Waals surface area contributed by atoms with Crippen LogP contribution in [-0.2, 0) is 29.3 Å². The molecule has 0 amide bonds. The maximum Gasteiger partial charge on any atom is 0.303 e. The molecule has 1 fully saturated rings. The number of esters is 1. The minimum Gasteiger partial charge on any atom is -0.454 e. The Hall–Kier alpha value is -3.07. The predicted molar refractivity (Wildman–Crippen MR) is 128 cm³/mol. The molecule has 0 radical (unpaired) electrons. The van der Waals surface area contributed by atoms with Crippen molar-refractivity contribution in [3.05, 3.63) is 108 Å². The van der Waals surface area contributed by atoms with Crippen molar-refractivity contribution in [2.75, 3.05) is 13.7 Å². The van der Waals surface area contributed by atoms with Crippen molar-refractivity contribution in [2.45, 2.75) is 43.2 Å². The second-order valence-corrected chi connectivity index (χ2v) is 8.42. The van der Waals surface area contributed by atoms with Gasteiger partial charge < -0.3 is 29.2 Å². The molecule has 1 heterocycles. The molecule has 3 aromatic rings. The molecule has 1 aliphatic heterocycles. The van der Waals surface area contributed by atoms with Crippen molar-refractivity contribution >= 4 is 5.97 Å². The Morgan fingerprint density at radius 2 is 1.29 bits per heavy atom. The van der Waals surface area contributed by atoms with Gasteiger partial charge in [-0.2, -0.15) is 0 Å². The normalized spacial score (nSPS) is 24.6. The van der Waals surface area contributed by atoms with E-state index in [1.807, 2.05) is 91.0 Å². The fourth-order valence-electron chi connectivity index (χ4n) is 4.53. The molecule has 184 valence electrons. The third-order valence-corrected chi connectivity index (χ3v) is 6.18. The van der Waals surface area contributed by atoms with E-state index < -0.39 is 42.3 Å². The van der Waals surface area contributed by atoms with E-state index in [1.165, 1.54) is 14.0 Å². The Balaban J connectivity index is 1.72. The van der Waals surface area contributed by atoms with Gasteiger partial charge in [-0.3, -0.25) is 4.79 Å². The molecular formula is C28H30O7. The summed E-state index contributed by atoms with van der Waals surface area (Å²) in [7, 11) is 1.38. The molecular weight excluding hydrogens is 448 g/mol. The van der Waals surface area contributed by atoms with Gasteiger partial charge in [0, 0.05) is 14.0 Å². The second-order valence-electron chi connectivity index (χ2n) is 8.42. The molecule has 7 nitrogen and oxygen atoms in total. The molecule has 0 bridgehead atoms. The number of carbonyl (C=O) groups is 1. The van der Waals surface area contributed by atoms with Gasteiger partial charge in [0.25, 0.3) is 0 Å². The van der Waals surface area contributed by atoms with Crippen LogP contribution in [0.5, 0.6) is 0 Å². The monoisotopic (exact) mass is 478 g/mol. The van der Waals surface area contributed by atoms with Gasteiger partial charge in [-0.1, -0.05) is 91.0 Å². The minimum atomic E-state index is -1.41. The van der Waals surface area contributed by atoms with Crippen LogP contribution in [-0.4, -0.2) is 60.6 Å². The molecule has 2 N–H and O–H groups in total. The summed E-state index contributed by atoms with van der Waals surface area (Å²) in [5, 5.41) is 21.5. The lowest BCUT2D eigenvalue weighted by molar-refractivity contribution is -0.302. The number of benzene rings is 3. The fraction of sp³-hybridized carbons (Fsp3) is 0.321. The zero-order valence-corrected chi connectivity index (χ0v) is 19.7. The third kappa shape index (κ3) is 5.15. The van der Waals surface area contributed by atoms with Crippen molar-refractivity contribution in [1.82, 2.24) is 0 Å². The maximum absolute atomic E-state index is 11.5. The highest BCUT2D eigenvalue weighted by molar-refractivity contribution is 5.66. The largest absolute Gasteiger partial charge is 0.454 e. The molecule has 5 atom stereocenters. The van der Waals surface area contributed by atoms with Crippen molar-refractivity contribution in [3.8, 4) is 0 Å². The van der Waals surface area contributed by atoms with E-state index in [0.717, 1.165) is 16.7 Å². The predicted octanol–water partition coefficient (Wildman–Crippen LogP) is 3.02. The summed E-state index contributed by atoms with van der Waals surface area (Å²) in [6, 6.07) is 29.4. The molecule has 1 aliphatic rings. The Bertz CT molecular complexity index is 976. The van der Waals surface area contributed by atoms with Crippen molar-refractivity contribution in [2.24, 2.45) is 0 Å². The minimum absolute atomic E-state index is 0.0798. The zero-order valence-electron chi connectivity index (χ0n) is 19.7. The molecule has 0 aliphatic carbocycles. The fourth-order valence-corrected chi connectivity index (χ4v) is 4.53. The Labute approximate surface area is 204 Å². The highest BCUT2D eigenvalue weighted by Crippen LogP contribution is 2.41. The van der Waals surface area contributed by atoms with Gasteiger partial charge in [0.2, 0.25) is 0 Å². The number of carbonyl (C=O) groups excluding carboxylic acids is 1. The van der Waals surface area contributed by atoms with E-state index >= 15 is 0 Å². The molecule has 0 spiro atoms. The topological polar surface area (TPSA) is 94.5 Å². The van der Waals surface area contributed by atoms with Gasteiger partial charge in [-0.05, 0) is 16.7 Å². The number of aliphatic hydroxyl groups is 2. The Morgan fingerprint density at radius 3 is 1.69 bits per heavy atom. The van der Waals surface area contributed by atoms with E-state index in [1.54, 1.807) is 0 Å². The summed E-state index contributed by atoms with van der Waals surface area (Å²) in [5.41, 5.74) is 1.66. The first kappa shape index (κ1) is 25.0. The van der Waals surface area contributed by atoms with Crippen LogP contribution in [0.3, 0.4) is 0 Å². The van der Waals surface area contributed by atoms with Crippen LogP contribution in [0.2, 0.25) is 0 Å². The van der Waals surface area contributed by atoms with Gasteiger partial charge in [0.05, 0.1) is 6.61 Å². The first-order chi connectivity index (χ1) is 17.0. The third-order valence-electron chi connectivity index (χ3n) is 6.18. The average Bonchev–Trinajstić information content (AvgIpc) is 2.90. The number of hydrogen-bond acceptors (Lipinski definition) is 7. The van der Waals surface area contributed by atoms with Gasteiger partial charge in [-0.15, -0.1) is 0 Å². The SMILES string of the molecule is CO[C@H]1O[C@H](COC(c2ccccc2)(c2ccccc2)c2ccccc2)[C@@H](O)[C@H](O)[C@H]1OC(C)=O. The summed E-state index contributed by atoms with van der Waals surface area (Å²) < 4.78 is 23.0. The van der Waals surface area contributed by atoms with Gasteiger partial charge >= 0.3 is 5.97 Å². The van der Waals surface area contributed by atoms with E-state index in [2.05, 4.69) is 0 Å². The average molecular weight is 479 g/mol. The molecule has 0 saturated carbocycles.